The van der Waals surface area contributed by atoms with Crippen LogP contribution in [0.2, 0.25) is 5.02 Å². The maximum atomic E-state index is 12.5. The van der Waals surface area contributed by atoms with E-state index in [1.54, 1.807) is 25.1 Å². The van der Waals surface area contributed by atoms with Gasteiger partial charge in [-0.25, -0.2) is 0 Å². The van der Waals surface area contributed by atoms with Gasteiger partial charge in [-0.2, -0.15) is 13.2 Å². The zero-order valence-electron chi connectivity index (χ0n) is 10.6. The van der Waals surface area contributed by atoms with Crippen LogP contribution in [0.1, 0.15) is 28.4 Å². The molecule has 0 radical (unpaired) electrons. The Kier molecular flexibility index (Phi) is 4.06. The summed E-state index contributed by atoms with van der Waals surface area (Å²) >= 11 is 5.83. The molecule has 0 aliphatic heterocycles. The van der Waals surface area contributed by atoms with Crippen LogP contribution in [0.25, 0.3) is 0 Å². The van der Waals surface area contributed by atoms with Crippen molar-refractivity contribution in [2.75, 3.05) is 0 Å². The lowest BCUT2D eigenvalue weighted by Crippen LogP contribution is -2.06. The average molecular weight is 301 g/mol. The van der Waals surface area contributed by atoms with Crippen molar-refractivity contribution in [1.82, 2.24) is 0 Å². The van der Waals surface area contributed by atoms with E-state index in [0.29, 0.717) is 16.1 Å². The van der Waals surface area contributed by atoms with Crippen LogP contribution in [0, 0.1) is 6.92 Å². The third-order valence-electron chi connectivity index (χ3n) is 3.08. The third-order valence-corrected chi connectivity index (χ3v) is 3.32. The number of halogens is 4. The Balaban J connectivity index is 2.31. The fraction of sp³-hybridized carbons (Fsp3) is 0.200. The largest absolute Gasteiger partial charge is 0.416 e. The summed E-state index contributed by atoms with van der Waals surface area (Å²) in [4.78, 5) is 0. The number of aryl methyl sites for hydroxylation is 1. The van der Waals surface area contributed by atoms with E-state index >= 15 is 0 Å². The fourth-order valence-corrected chi connectivity index (χ4v) is 2.21. The van der Waals surface area contributed by atoms with Crippen LogP contribution < -0.4 is 0 Å². The van der Waals surface area contributed by atoms with E-state index in [1.165, 1.54) is 12.1 Å². The highest BCUT2D eigenvalue weighted by molar-refractivity contribution is 6.30. The quantitative estimate of drug-likeness (QED) is 0.848. The van der Waals surface area contributed by atoms with Crippen LogP contribution in [-0.2, 0) is 6.18 Å². The molecule has 2 rings (SSSR count). The molecule has 0 saturated heterocycles. The number of aliphatic hydroxyl groups excluding tert-OH is 1. The third kappa shape index (κ3) is 3.14. The van der Waals surface area contributed by atoms with Gasteiger partial charge in [0, 0.05) is 5.02 Å². The Morgan fingerprint density at radius 2 is 1.65 bits per heavy atom. The minimum Gasteiger partial charge on any atom is -0.384 e. The molecule has 106 valence electrons. The van der Waals surface area contributed by atoms with Crippen molar-refractivity contribution < 1.29 is 18.3 Å². The minimum absolute atomic E-state index is 0.406. The summed E-state index contributed by atoms with van der Waals surface area (Å²) in [5.74, 6) is 0. The molecule has 1 unspecified atom stereocenters. The van der Waals surface area contributed by atoms with Crippen molar-refractivity contribution in [3.8, 4) is 0 Å². The van der Waals surface area contributed by atoms with Crippen molar-refractivity contribution in [3.63, 3.8) is 0 Å². The zero-order valence-corrected chi connectivity index (χ0v) is 11.3. The molecule has 1 nitrogen and oxygen atoms in total. The van der Waals surface area contributed by atoms with Crippen LogP contribution in [0.4, 0.5) is 13.2 Å². The molecule has 0 fully saturated rings. The Labute approximate surface area is 119 Å². The molecule has 0 spiro atoms. The van der Waals surface area contributed by atoms with Crippen molar-refractivity contribution in [2.45, 2.75) is 19.2 Å². The number of rotatable bonds is 2. The number of benzene rings is 2. The Morgan fingerprint density at radius 3 is 2.15 bits per heavy atom. The van der Waals surface area contributed by atoms with Crippen LogP contribution in [0.5, 0.6) is 0 Å². The van der Waals surface area contributed by atoms with Crippen molar-refractivity contribution in [3.05, 3.63) is 69.7 Å². The molecular formula is C15H12ClF3O. The van der Waals surface area contributed by atoms with Gasteiger partial charge in [0.1, 0.15) is 6.10 Å². The Morgan fingerprint density at radius 1 is 1.05 bits per heavy atom. The summed E-state index contributed by atoms with van der Waals surface area (Å²) in [6, 6.07) is 9.48. The highest BCUT2D eigenvalue weighted by Gasteiger charge is 2.30. The number of hydrogen-bond donors (Lipinski definition) is 1. The smallest absolute Gasteiger partial charge is 0.384 e. The Bertz CT molecular complexity index is 606. The number of aliphatic hydroxyl groups is 1. The van der Waals surface area contributed by atoms with Crippen LogP contribution in [-0.4, -0.2) is 5.11 Å². The summed E-state index contributed by atoms with van der Waals surface area (Å²) in [7, 11) is 0. The standard InChI is InChI=1S/C15H12ClF3O/c1-9-8-12(16)6-7-13(9)14(20)10-2-4-11(5-3-10)15(17,18)19/h2-8,14,20H,1H3. The molecule has 0 aromatic heterocycles. The first kappa shape index (κ1) is 14.9. The zero-order chi connectivity index (χ0) is 14.9. The highest BCUT2D eigenvalue weighted by Crippen LogP contribution is 2.32. The topological polar surface area (TPSA) is 20.2 Å². The van der Waals surface area contributed by atoms with Crippen molar-refractivity contribution in [2.24, 2.45) is 0 Å². The molecule has 0 aliphatic rings. The molecule has 2 aromatic rings. The minimum atomic E-state index is -4.38. The van der Waals surface area contributed by atoms with Crippen LogP contribution in [0.3, 0.4) is 0 Å². The van der Waals surface area contributed by atoms with Gasteiger partial charge in [0.25, 0.3) is 0 Å². The summed E-state index contributed by atoms with van der Waals surface area (Å²) in [6.45, 7) is 1.79. The molecule has 5 heteroatoms. The van der Waals surface area contributed by atoms with E-state index in [9.17, 15) is 18.3 Å². The lowest BCUT2D eigenvalue weighted by atomic mass is 9.97. The molecule has 1 atom stereocenters. The van der Waals surface area contributed by atoms with Gasteiger partial charge >= 0.3 is 6.18 Å². The molecule has 0 heterocycles. The molecule has 0 bridgehead atoms. The molecule has 0 aliphatic carbocycles. The molecule has 0 saturated carbocycles. The molecule has 1 N–H and O–H groups in total. The van der Waals surface area contributed by atoms with Gasteiger partial charge in [0.2, 0.25) is 0 Å². The van der Waals surface area contributed by atoms with E-state index < -0.39 is 17.8 Å². The van der Waals surface area contributed by atoms with E-state index in [1.807, 2.05) is 0 Å². The second kappa shape index (κ2) is 5.46. The summed E-state index contributed by atoms with van der Waals surface area (Å²) in [6.07, 6.45) is -5.35. The Hall–Kier alpha value is -1.52. The molecular weight excluding hydrogens is 289 g/mol. The van der Waals surface area contributed by atoms with Crippen LogP contribution in [0.15, 0.2) is 42.5 Å². The number of hydrogen-bond acceptors (Lipinski definition) is 1. The first-order chi connectivity index (χ1) is 9.29. The van der Waals surface area contributed by atoms with Gasteiger partial charge in [-0.15, -0.1) is 0 Å². The van der Waals surface area contributed by atoms with Gasteiger partial charge in [-0.1, -0.05) is 29.8 Å². The second-order valence-electron chi connectivity index (χ2n) is 4.52. The second-order valence-corrected chi connectivity index (χ2v) is 4.96. The van der Waals surface area contributed by atoms with Crippen molar-refractivity contribution in [1.29, 1.82) is 0 Å². The highest BCUT2D eigenvalue weighted by atomic mass is 35.5. The SMILES string of the molecule is Cc1cc(Cl)ccc1C(O)c1ccc(C(F)(F)F)cc1. The maximum Gasteiger partial charge on any atom is 0.416 e. The van der Waals surface area contributed by atoms with E-state index in [2.05, 4.69) is 0 Å². The first-order valence-electron chi connectivity index (χ1n) is 5.90. The number of alkyl halides is 3. The maximum absolute atomic E-state index is 12.5. The normalized spacial score (nSPS) is 13.3. The summed E-state index contributed by atoms with van der Waals surface area (Å²) in [5.41, 5.74) is 1.07. The van der Waals surface area contributed by atoms with Gasteiger partial charge in [0.05, 0.1) is 5.56 Å². The van der Waals surface area contributed by atoms with E-state index in [0.717, 1.165) is 17.7 Å². The van der Waals surface area contributed by atoms with Gasteiger partial charge in [-0.3, -0.25) is 0 Å². The summed E-state index contributed by atoms with van der Waals surface area (Å²) < 4.78 is 37.4. The monoisotopic (exact) mass is 300 g/mol. The predicted molar refractivity (Wildman–Crippen MR) is 71.7 cm³/mol. The molecule has 20 heavy (non-hydrogen) atoms. The van der Waals surface area contributed by atoms with Gasteiger partial charge in [-0.05, 0) is 47.9 Å². The predicted octanol–water partition coefficient (Wildman–Crippen LogP) is 4.75. The molecule has 2 aromatic carbocycles. The molecule has 0 amide bonds. The van der Waals surface area contributed by atoms with Gasteiger partial charge < -0.3 is 5.11 Å². The van der Waals surface area contributed by atoms with E-state index in [4.69, 9.17) is 11.6 Å². The lowest BCUT2D eigenvalue weighted by molar-refractivity contribution is -0.137. The average Bonchev–Trinajstić information content (AvgIpc) is 2.37. The first-order valence-corrected chi connectivity index (χ1v) is 6.28. The van der Waals surface area contributed by atoms with E-state index in [-0.39, 0.29) is 0 Å². The fourth-order valence-electron chi connectivity index (χ4n) is 1.98. The summed E-state index contributed by atoms with van der Waals surface area (Å²) in [5, 5.41) is 10.8. The lowest BCUT2D eigenvalue weighted by Gasteiger charge is -2.15. The van der Waals surface area contributed by atoms with Crippen LogP contribution >= 0.6 is 11.6 Å². The van der Waals surface area contributed by atoms with Crippen molar-refractivity contribution >= 4 is 11.6 Å². The van der Waals surface area contributed by atoms with Gasteiger partial charge in [0.15, 0.2) is 0 Å².